The van der Waals surface area contributed by atoms with Crippen molar-refractivity contribution in [3.8, 4) is 22.6 Å². The van der Waals surface area contributed by atoms with E-state index in [4.69, 9.17) is 9.47 Å². The van der Waals surface area contributed by atoms with Gasteiger partial charge in [0, 0.05) is 11.6 Å². The summed E-state index contributed by atoms with van der Waals surface area (Å²) >= 11 is 0. The quantitative estimate of drug-likeness (QED) is 0.810. The molecule has 0 amide bonds. The van der Waals surface area contributed by atoms with Gasteiger partial charge < -0.3 is 9.47 Å². The monoisotopic (exact) mass is 284 g/mol. The minimum Gasteiger partial charge on any atom is -0.497 e. The average Bonchev–Trinajstić information content (AvgIpc) is 2.65. The Hall–Kier alpha value is -2.29. The number of fused-ring (bicyclic) bond motifs is 3. The molecule has 2 nitrogen and oxygen atoms in total. The minimum absolute atomic E-state index is 0.171. The van der Waals surface area contributed by atoms with Crippen molar-refractivity contribution in [2.75, 3.05) is 14.2 Å². The first-order valence-electron chi connectivity index (χ1n) is 6.87. The first kappa shape index (κ1) is 13.7. The zero-order chi connectivity index (χ0) is 15.0. The van der Waals surface area contributed by atoms with E-state index in [1.807, 2.05) is 18.2 Å². The molecule has 2 aromatic carbocycles. The van der Waals surface area contributed by atoms with Crippen LogP contribution in [0.15, 0.2) is 36.9 Å². The minimum atomic E-state index is -0.171. The Morgan fingerprint density at radius 1 is 1.05 bits per heavy atom. The number of hydrogen-bond acceptors (Lipinski definition) is 2. The standard InChI is InChI=1S/C18H17FO2/c1-11-7-8-14-13(5-4-6-16(14)19)15-9-12(20-2)10-17(21-3)18(11)15/h4-6,9-10H,1,7-8H2,2-3H3. The molecule has 1 aliphatic rings. The number of hydrogen-bond donors (Lipinski definition) is 0. The lowest BCUT2D eigenvalue weighted by molar-refractivity contribution is 0.394. The molecule has 1 aliphatic carbocycles. The van der Waals surface area contributed by atoms with E-state index in [0.717, 1.165) is 27.8 Å². The van der Waals surface area contributed by atoms with Crippen LogP contribution in [-0.2, 0) is 6.42 Å². The first-order chi connectivity index (χ1) is 10.2. The van der Waals surface area contributed by atoms with E-state index in [1.165, 1.54) is 6.07 Å². The number of halogens is 1. The third kappa shape index (κ3) is 2.19. The van der Waals surface area contributed by atoms with E-state index in [-0.39, 0.29) is 5.82 Å². The van der Waals surface area contributed by atoms with Crippen molar-refractivity contribution in [2.24, 2.45) is 0 Å². The molecule has 0 saturated carbocycles. The molecule has 21 heavy (non-hydrogen) atoms. The van der Waals surface area contributed by atoms with Gasteiger partial charge in [-0.1, -0.05) is 18.7 Å². The molecule has 0 atom stereocenters. The van der Waals surface area contributed by atoms with Gasteiger partial charge in [-0.3, -0.25) is 0 Å². The second-order valence-corrected chi connectivity index (χ2v) is 5.12. The van der Waals surface area contributed by atoms with E-state index in [9.17, 15) is 4.39 Å². The number of methoxy groups -OCH3 is 2. The summed E-state index contributed by atoms with van der Waals surface area (Å²) < 4.78 is 25.0. The van der Waals surface area contributed by atoms with E-state index in [1.54, 1.807) is 20.3 Å². The van der Waals surface area contributed by atoms with Crippen LogP contribution in [0, 0.1) is 5.82 Å². The van der Waals surface area contributed by atoms with Crippen molar-refractivity contribution in [3.05, 3.63) is 53.9 Å². The lowest BCUT2D eigenvalue weighted by Crippen LogP contribution is -1.96. The summed E-state index contributed by atoms with van der Waals surface area (Å²) in [5, 5.41) is 0. The number of ether oxygens (including phenoxy) is 2. The van der Waals surface area contributed by atoms with Gasteiger partial charge in [0.1, 0.15) is 17.3 Å². The third-order valence-corrected chi connectivity index (χ3v) is 3.97. The molecular formula is C18H17FO2. The average molecular weight is 284 g/mol. The van der Waals surface area contributed by atoms with Crippen molar-refractivity contribution in [1.29, 1.82) is 0 Å². The highest BCUT2D eigenvalue weighted by atomic mass is 19.1. The fourth-order valence-electron chi connectivity index (χ4n) is 2.91. The Balaban J connectivity index is 2.37. The number of allylic oxidation sites excluding steroid dienone is 1. The molecule has 0 heterocycles. The fourth-order valence-corrected chi connectivity index (χ4v) is 2.91. The maximum atomic E-state index is 14.1. The van der Waals surface area contributed by atoms with Crippen LogP contribution in [0.5, 0.6) is 11.5 Å². The highest BCUT2D eigenvalue weighted by Crippen LogP contribution is 2.44. The van der Waals surface area contributed by atoms with Gasteiger partial charge in [-0.25, -0.2) is 4.39 Å². The topological polar surface area (TPSA) is 18.5 Å². The van der Waals surface area contributed by atoms with E-state index in [2.05, 4.69) is 6.58 Å². The van der Waals surface area contributed by atoms with Gasteiger partial charge in [0.2, 0.25) is 0 Å². The second kappa shape index (κ2) is 5.24. The van der Waals surface area contributed by atoms with E-state index in [0.29, 0.717) is 24.3 Å². The Bertz CT molecular complexity index is 719. The summed E-state index contributed by atoms with van der Waals surface area (Å²) in [6.45, 7) is 4.15. The van der Waals surface area contributed by atoms with Gasteiger partial charge >= 0.3 is 0 Å². The van der Waals surface area contributed by atoms with Crippen LogP contribution in [0.2, 0.25) is 0 Å². The van der Waals surface area contributed by atoms with Gasteiger partial charge in [0.15, 0.2) is 0 Å². The molecule has 0 N–H and O–H groups in total. The Morgan fingerprint density at radius 2 is 1.86 bits per heavy atom. The fraction of sp³-hybridized carbons (Fsp3) is 0.222. The van der Waals surface area contributed by atoms with Crippen molar-refractivity contribution in [1.82, 2.24) is 0 Å². The van der Waals surface area contributed by atoms with Gasteiger partial charge in [-0.05, 0) is 47.2 Å². The molecule has 0 unspecified atom stereocenters. The van der Waals surface area contributed by atoms with Gasteiger partial charge in [0.25, 0.3) is 0 Å². The van der Waals surface area contributed by atoms with Crippen LogP contribution in [-0.4, -0.2) is 14.2 Å². The van der Waals surface area contributed by atoms with Crippen molar-refractivity contribution in [3.63, 3.8) is 0 Å². The largest absolute Gasteiger partial charge is 0.497 e. The van der Waals surface area contributed by atoms with Crippen LogP contribution in [0.3, 0.4) is 0 Å². The zero-order valence-electron chi connectivity index (χ0n) is 12.2. The molecule has 0 aliphatic heterocycles. The molecule has 0 saturated heterocycles. The summed E-state index contributed by atoms with van der Waals surface area (Å²) in [5.41, 5.74) is 4.44. The van der Waals surface area contributed by atoms with E-state index >= 15 is 0 Å². The van der Waals surface area contributed by atoms with Crippen LogP contribution in [0.25, 0.3) is 16.7 Å². The smallest absolute Gasteiger partial charge is 0.130 e. The van der Waals surface area contributed by atoms with Crippen LogP contribution >= 0.6 is 0 Å². The number of benzene rings is 2. The van der Waals surface area contributed by atoms with Crippen LogP contribution in [0.4, 0.5) is 4.39 Å². The maximum Gasteiger partial charge on any atom is 0.130 e. The Labute approximate surface area is 123 Å². The molecule has 3 rings (SSSR count). The van der Waals surface area contributed by atoms with Crippen LogP contribution < -0.4 is 9.47 Å². The Kier molecular flexibility index (Phi) is 3.42. The highest BCUT2D eigenvalue weighted by molar-refractivity contribution is 5.88. The van der Waals surface area contributed by atoms with Gasteiger partial charge in [-0.2, -0.15) is 0 Å². The molecule has 0 aromatic heterocycles. The summed E-state index contributed by atoms with van der Waals surface area (Å²) in [4.78, 5) is 0. The van der Waals surface area contributed by atoms with E-state index < -0.39 is 0 Å². The second-order valence-electron chi connectivity index (χ2n) is 5.12. The van der Waals surface area contributed by atoms with Gasteiger partial charge in [-0.15, -0.1) is 0 Å². The molecule has 0 bridgehead atoms. The molecular weight excluding hydrogens is 267 g/mol. The lowest BCUT2D eigenvalue weighted by atomic mass is 9.94. The molecule has 108 valence electrons. The first-order valence-corrected chi connectivity index (χ1v) is 6.87. The third-order valence-electron chi connectivity index (χ3n) is 3.97. The lowest BCUT2D eigenvalue weighted by Gasteiger charge is -2.16. The van der Waals surface area contributed by atoms with Crippen molar-refractivity contribution in [2.45, 2.75) is 12.8 Å². The maximum absolute atomic E-state index is 14.1. The SMILES string of the molecule is C=C1CCc2c(F)cccc2-c2cc(OC)cc(OC)c21. The predicted octanol–water partition coefficient (Wildman–Crippen LogP) is 4.47. The summed E-state index contributed by atoms with van der Waals surface area (Å²) in [7, 11) is 3.24. The predicted molar refractivity (Wildman–Crippen MR) is 82.3 cm³/mol. The number of rotatable bonds is 2. The summed E-state index contributed by atoms with van der Waals surface area (Å²) in [6, 6.07) is 8.94. The van der Waals surface area contributed by atoms with Gasteiger partial charge in [0.05, 0.1) is 14.2 Å². The van der Waals surface area contributed by atoms with Crippen molar-refractivity contribution >= 4 is 5.57 Å². The Morgan fingerprint density at radius 3 is 2.57 bits per heavy atom. The molecule has 3 heteroatoms. The highest BCUT2D eigenvalue weighted by Gasteiger charge is 2.23. The molecule has 0 fully saturated rings. The molecule has 0 spiro atoms. The van der Waals surface area contributed by atoms with Crippen LogP contribution in [0.1, 0.15) is 17.5 Å². The summed E-state index contributed by atoms with van der Waals surface area (Å²) in [6.07, 6.45) is 1.35. The molecule has 2 aromatic rings. The summed E-state index contributed by atoms with van der Waals surface area (Å²) in [5.74, 6) is 1.23. The normalized spacial score (nSPS) is 13.2. The zero-order valence-corrected chi connectivity index (χ0v) is 12.2. The van der Waals surface area contributed by atoms with Crippen molar-refractivity contribution < 1.29 is 13.9 Å². The molecule has 0 radical (unpaired) electrons.